The number of ether oxygens (including phenoxy) is 1. The van der Waals surface area contributed by atoms with Crippen LogP contribution in [-0.2, 0) is 6.42 Å². The molecule has 2 heteroatoms. The molecule has 1 aliphatic rings. The van der Waals surface area contributed by atoms with Crippen LogP contribution in [0.15, 0.2) is 18.2 Å². The van der Waals surface area contributed by atoms with Gasteiger partial charge in [-0.2, -0.15) is 0 Å². The van der Waals surface area contributed by atoms with E-state index in [1.165, 1.54) is 11.1 Å². The van der Waals surface area contributed by atoms with Gasteiger partial charge in [0.15, 0.2) is 0 Å². The van der Waals surface area contributed by atoms with E-state index in [-0.39, 0.29) is 12.5 Å². The Morgan fingerprint density at radius 1 is 1.54 bits per heavy atom. The predicted molar refractivity (Wildman–Crippen MR) is 51.0 cm³/mol. The molecule has 1 N–H and O–H groups in total. The Bertz CT molecular complexity index is 307. The smallest absolute Gasteiger partial charge is 0.122 e. The minimum Gasteiger partial charge on any atom is -0.493 e. The third kappa shape index (κ3) is 1.68. The third-order valence-corrected chi connectivity index (χ3v) is 2.46. The Balaban J connectivity index is 2.26. The lowest BCUT2D eigenvalue weighted by Gasteiger charge is -2.23. The first-order chi connectivity index (χ1) is 6.29. The van der Waals surface area contributed by atoms with E-state index in [1.807, 2.05) is 0 Å². The summed E-state index contributed by atoms with van der Waals surface area (Å²) in [6.45, 7) is 2.92. The van der Waals surface area contributed by atoms with Crippen molar-refractivity contribution in [1.29, 1.82) is 0 Å². The van der Waals surface area contributed by atoms with E-state index in [9.17, 15) is 0 Å². The van der Waals surface area contributed by atoms with E-state index < -0.39 is 0 Å². The molecule has 1 aliphatic heterocycles. The van der Waals surface area contributed by atoms with Gasteiger partial charge in [0.1, 0.15) is 5.75 Å². The zero-order valence-corrected chi connectivity index (χ0v) is 7.79. The normalized spacial score (nSPS) is 20.6. The Morgan fingerprint density at radius 2 is 2.38 bits per heavy atom. The molecular weight excluding hydrogens is 164 g/mol. The van der Waals surface area contributed by atoms with Crippen LogP contribution in [0.25, 0.3) is 0 Å². The highest BCUT2D eigenvalue weighted by atomic mass is 16.5. The van der Waals surface area contributed by atoms with Gasteiger partial charge in [-0.3, -0.25) is 0 Å². The summed E-state index contributed by atoms with van der Waals surface area (Å²) in [6, 6.07) is 6.23. The van der Waals surface area contributed by atoms with E-state index in [1.54, 1.807) is 0 Å². The lowest BCUT2D eigenvalue weighted by molar-refractivity contribution is 0.147. The minimum atomic E-state index is 0.216. The molecule has 70 valence electrons. The number of aliphatic hydroxyl groups excluding tert-OH is 1. The van der Waals surface area contributed by atoms with Crippen molar-refractivity contribution >= 4 is 0 Å². The molecule has 1 aromatic carbocycles. The summed E-state index contributed by atoms with van der Waals surface area (Å²) >= 11 is 0. The predicted octanol–water partition coefficient (Wildman–Crippen LogP) is 1.54. The summed E-state index contributed by atoms with van der Waals surface area (Å²) in [4.78, 5) is 0. The summed E-state index contributed by atoms with van der Waals surface area (Å²) in [7, 11) is 0. The van der Waals surface area contributed by atoms with Crippen molar-refractivity contribution < 1.29 is 9.84 Å². The Morgan fingerprint density at radius 3 is 3.15 bits per heavy atom. The lowest BCUT2D eigenvalue weighted by Crippen LogP contribution is -2.23. The van der Waals surface area contributed by atoms with E-state index >= 15 is 0 Å². The van der Waals surface area contributed by atoms with Crippen molar-refractivity contribution in [3.63, 3.8) is 0 Å². The average Bonchev–Trinajstić information content (AvgIpc) is 2.17. The molecule has 0 saturated carbocycles. The molecule has 0 radical (unpaired) electrons. The molecule has 0 amide bonds. The second kappa shape index (κ2) is 3.38. The number of hydrogen-bond donors (Lipinski definition) is 1. The topological polar surface area (TPSA) is 29.5 Å². The molecule has 1 aromatic rings. The van der Waals surface area contributed by atoms with Crippen LogP contribution in [0.5, 0.6) is 5.75 Å². The number of benzene rings is 1. The first kappa shape index (κ1) is 8.57. The van der Waals surface area contributed by atoms with Crippen LogP contribution in [0.2, 0.25) is 0 Å². The van der Waals surface area contributed by atoms with Crippen molar-refractivity contribution in [3.05, 3.63) is 29.3 Å². The zero-order valence-electron chi connectivity index (χ0n) is 7.79. The Labute approximate surface area is 78.2 Å². The van der Waals surface area contributed by atoms with E-state index in [4.69, 9.17) is 9.84 Å². The van der Waals surface area contributed by atoms with Gasteiger partial charge in [0.05, 0.1) is 6.61 Å². The fraction of sp³-hybridized carbons (Fsp3) is 0.455. The van der Waals surface area contributed by atoms with Gasteiger partial charge in [-0.25, -0.2) is 0 Å². The van der Waals surface area contributed by atoms with Crippen LogP contribution in [0, 0.1) is 12.8 Å². The molecule has 1 unspecified atom stereocenters. The molecule has 2 rings (SSSR count). The van der Waals surface area contributed by atoms with Gasteiger partial charge in [-0.1, -0.05) is 12.1 Å². The maximum atomic E-state index is 8.99. The molecule has 0 spiro atoms. The molecule has 0 fully saturated rings. The van der Waals surface area contributed by atoms with Gasteiger partial charge >= 0.3 is 0 Å². The van der Waals surface area contributed by atoms with Crippen LogP contribution in [0.3, 0.4) is 0 Å². The quantitative estimate of drug-likeness (QED) is 0.706. The molecule has 2 nitrogen and oxygen atoms in total. The maximum Gasteiger partial charge on any atom is 0.122 e. The first-order valence-electron chi connectivity index (χ1n) is 4.63. The van der Waals surface area contributed by atoms with Gasteiger partial charge in [0.2, 0.25) is 0 Å². The van der Waals surface area contributed by atoms with Crippen LogP contribution in [-0.4, -0.2) is 18.3 Å². The van der Waals surface area contributed by atoms with Crippen LogP contribution >= 0.6 is 0 Å². The van der Waals surface area contributed by atoms with Crippen molar-refractivity contribution in [1.82, 2.24) is 0 Å². The van der Waals surface area contributed by atoms with Crippen molar-refractivity contribution in [2.45, 2.75) is 13.3 Å². The SMILES string of the molecule is Cc1ccc2c(c1)OCC(CO)C2. The monoisotopic (exact) mass is 178 g/mol. The maximum absolute atomic E-state index is 8.99. The standard InChI is InChI=1S/C11H14O2/c1-8-2-3-10-5-9(6-12)7-13-11(10)4-8/h2-4,9,12H,5-7H2,1H3. The summed E-state index contributed by atoms with van der Waals surface area (Å²) in [5, 5.41) is 8.99. The fourth-order valence-electron chi connectivity index (χ4n) is 1.66. The van der Waals surface area contributed by atoms with E-state index in [2.05, 4.69) is 25.1 Å². The minimum absolute atomic E-state index is 0.216. The number of aliphatic hydroxyl groups is 1. The van der Waals surface area contributed by atoms with Gasteiger partial charge < -0.3 is 9.84 Å². The largest absolute Gasteiger partial charge is 0.493 e. The summed E-state index contributed by atoms with van der Waals surface area (Å²) in [6.07, 6.45) is 0.937. The van der Waals surface area contributed by atoms with Crippen molar-refractivity contribution in [3.8, 4) is 5.75 Å². The number of hydrogen-bond acceptors (Lipinski definition) is 2. The summed E-state index contributed by atoms with van der Waals surface area (Å²) in [5.74, 6) is 1.26. The fourth-order valence-corrected chi connectivity index (χ4v) is 1.66. The third-order valence-electron chi connectivity index (χ3n) is 2.46. The second-order valence-corrected chi connectivity index (χ2v) is 3.67. The van der Waals surface area contributed by atoms with Gasteiger partial charge in [0.25, 0.3) is 0 Å². The van der Waals surface area contributed by atoms with Crippen molar-refractivity contribution in [2.75, 3.05) is 13.2 Å². The van der Waals surface area contributed by atoms with Gasteiger partial charge in [0, 0.05) is 12.5 Å². The van der Waals surface area contributed by atoms with Crippen LogP contribution < -0.4 is 4.74 Å². The van der Waals surface area contributed by atoms with E-state index in [0.717, 1.165) is 12.2 Å². The molecule has 0 saturated heterocycles. The molecule has 0 bridgehead atoms. The zero-order chi connectivity index (χ0) is 9.26. The van der Waals surface area contributed by atoms with Crippen LogP contribution in [0.4, 0.5) is 0 Å². The lowest BCUT2D eigenvalue weighted by atomic mass is 9.97. The number of fused-ring (bicyclic) bond motifs is 1. The molecule has 0 aliphatic carbocycles. The Hall–Kier alpha value is -1.02. The second-order valence-electron chi connectivity index (χ2n) is 3.67. The summed E-state index contributed by atoms with van der Waals surface area (Å²) < 4.78 is 5.55. The highest BCUT2D eigenvalue weighted by Gasteiger charge is 2.18. The number of aryl methyl sites for hydroxylation is 1. The average molecular weight is 178 g/mol. The molecule has 1 atom stereocenters. The Kier molecular flexibility index (Phi) is 2.23. The van der Waals surface area contributed by atoms with Crippen molar-refractivity contribution in [2.24, 2.45) is 5.92 Å². The highest BCUT2D eigenvalue weighted by molar-refractivity contribution is 5.38. The van der Waals surface area contributed by atoms with Gasteiger partial charge in [-0.05, 0) is 30.5 Å². The summed E-state index contributed by atoms with van der Waals surface area (Å²) in [5.41, 5.74) is 2.44. The highest BCUT2D eigenvalue weighted by Crippen LogP contribution is 2.27. The molecule has 1 heterocycles. The number of rotatable bonds is 1. The molecular formula is C11H14O2. The van der Waals surface area contributed by atoms with E-state index in [0.29, 0.717) is 6.61 Å². The first-order valence-corrected chi connectivity index (χ1v) is 4.63. The molecule has 0 aromatic heterocycles. The molecule has 13 heavy (non-hydrogen) atoms. The van der Waals surface area contributed by atoms with Crippen LogP contribution in [0.1, 0.15) is 11.1 Å². The van der Waals surface area contributed by atoms with Gasteiger partial charge in [-0.15, -0.1) is 0 Å².